The molecular weight excluding hydrogens is 342 g/mol. The van der Waals surface area contributed by atoms with E-state index in [0.29, 0.717) is 12.5 Å². The van der Waals surface area contributed by atoms with Gasteiger partial charge in [0.1, 0.15) is 0 Å². The second-order valence-corrected chi connectivity index (χ2v) is 8.74. The predicted octanol–water partition coefficient (Wildman–Crippen LogP) is 3.58. The van der Waals surface area contributed by atoms with Gasteiger partial charge in [0.15, 0.2) is 0 Å². The Labute approximate surface area is 163 Å². The van der Waals surface area contributed by atoms with Crippen LogP contribution in [-0.2, 0) is 11.2 Å². The van der Waals surface area contributed by atoms with Gasteiger partial charge in [0.05, 0.1) is 6.42 Å². The number of carbonyl (C=O) groups excluding carboxylic acids is 1. The first-order valence-corrected chi connectivity index (χ1v) is 11.1. The van der Waals surface area contributed by atoms with Crippen LogP contribution in [0.5, 0.6) is 0 Å². The Bertz CT molecular complexity index is 539. The molecule has 1 aromatic rings. The number of amides is 1. The van der Waals surface area contributed by atoms with Crippen molar-refractivity contribution in [2.24, 2.45) is 5.92 Å². The smallest absolute Gasteiger partial charge is 0.227 e. The van der Waals surface area contributed by atoms with Crippen LogP contribution < -0.4 is 5.32 Å². The molecular formula is C21H35N3OS. The molecule has 1 heterocycles. The van der Waals surface area contributed by atoms with Crippen molar-refractivity contribution in [1.82, 2.24) is 9.80 Å². The quantitative estimate of drug-likeness (QED) is 0.713. The lowest BCUT2D eigenvalue weighted by molar-refractivity contribution is -0.132. The maximum atomic E-state index is 12.5. The summed E-state index contributed by atoms with van der Waals surface area (Å²) in [7, 11) is 0. The summed E-state index contributed by atoms with van der Waals surface area (Å²) in [5.41, 5.74) is 2.23. The first kappa shape index (κ1) is 21.1. The van der Waals surface area contributed by atoms with Crippen molar-refractivity contribution in [2.45, 2.75) is 40.2 Å². The highest BCUT2D eigenvalue weighted by molar-refractivity contribution is 7.99. The zero-order valence-corrected chi connectivity index (χ0v) is 17.6. The lowest BCUT2D eigenvalue weighted by Crippen LogP contribution is -2.48. The molecule has 1 atom stereocenters. The zero-order chi connectivity index (χ0) is 18.9. The molecule has 0 bridgehead atoms. The molecule has 2 rings (SSSR count). The van der Waals surface area contributed by atoms with Crippen molar-refractivity contribution < 1.29 is 4.79 Å². The Morgan fingerprint density at radius 1 is 1.08 bits per heavy atom. The third-order valence-electron chi connectivity index (χ3n) is 4.71. The highest BCUT2D eigenvalue weighted by Crippen LogP contribution is 2.15. The number of hydrogen-bond acceptors (Lipinski definition) is 4. The van der Waals surface area contributed by atoms with E-state index in [9.17, 15) is 4.79 Å². The molecule has 1 aromatic carbocycles. The van der Waals surface area contributed by atoms with Gasteiger partial charge in [-0.3, -0.25) is 4.79 Å². The van der Waals surface area contributed by atoms with Crippen LogP contribution in [0.25, 0.3) is 0 Å². The Balaban J connectivity index is 1.75. The minimum Gasteiger partial charge on any atom is -0.382 e. The van der Waals surface area contributed by atoms with Gasteiger partial charge in [-0.25, -0.2) is 0 Å². The van der Waals surface area contributed by atoms with Gasteiger partial charge in [-0.05, 0) is 42.8 Å². The molecule has 0 spiro atoms. The number of hydrogen-bond donors (Lipinski definition) is 1. The first-order valence-electron chi connectivity index (χ1n) is 9.91. The van der Waals surface area contributed by atoms with Crippen LogP contribution in [0.3, 0.4) is 0 Å². The number of carbonyl (C=O) groups is 1. The molecule has 0 aliphatic carbocycles. The highest BCUT2D eigenvalue weighted by Gasteiger charge is 2.20. The minimum atomic E-state index is 0.250. The number of nitrogens with zero attached hydrogens (tertiary/aromatic N) is 2. The van der Waals surface area contributed by atoms with Crippen LogP contribution in [-0.4, -0.2) is 66.0 Å². The summed E-state index contributed by atoms with van der Waals surface area (Å²) in [5.74, 6) is 3.32. The molecule has 0 saturated carbocycles. The van der Waals surface area contributed by atoms with Crippen molar-refractivity contribution in [1.29, 1.82) is 0 Å². The fourth-order valence-corrected chi connectivity index (χ4v) is 4.17. The lowest BCUT2D eigenvalue weighted by atomic mass is 10.1. The SMILES string of the molecule is CCN1CCN(C(=O)Cc2ccc(N[C@@H](C)CSCC(C)C)cc2)CC1. The normalized spacial score (nSPS) is 16.7. The summed E-state index contributed by atoms with van der Waals surface area (Å²) in [6, 6.07) is 8.80. The van der Waals surface area contributed by atoms with Gasteiger partial charge in [0, 0.05) is 43.7 Å². The number of benzene rings is 1. The fraction of sp³-hybridized carbons (Fsp3) is 0.667. The summed E-state index contributed by atoms with van der Waals surface area (Å²) >= 11 is 2.00. The largest absolute Gasteiger partial charge is 0.382 e. The van der Waals surface area contributed by atoms with E-state index in [0.717, 1.165) is 55.6 Å². The van der Waals surface area contributed by atoms with E-state index in [1.165, 1.54) is 5.75 Å². The third-order valence-corrected chi connectivity index (χ3v) is 6.35. The van der Waals surface area contributed by atoms with E-state index in [2.05, 4.69) is 62.2 Å². The molecule has 1 N–H and O–H groups in total. The van der Waals surface area contributed by atoms with Crippen molar-refractivity contribution in [2.75, 3.05) is 49.5 Å². The third kappa shape index (κ3) is 7.20. The molecule has 26 heavy (non-hydrogen) atoms. The van der Waals surface area contributed by atoms with Gasteiger partial charge in [-0.1, -0.05) is 32.9 Å². The maximum Gasteiger partial charge on any atom is 0.227 e. The predicted molar refractivity (Wildman–Crippen MR) is 114 cm³/mol. The van der Waals surface area contributed by atoms with Crippen LogP contribution in [0.15, 0.2) is 24.3 Å². The Hall–Kier alpha value is -1.20. The Morgan fingerprint density at radius 2 is 1.73 bits per heavy atom. The molecule has 1 aliphatic heterocycles. The van der Waals surface area contributed by atoms with E-state index >= 15 is 0 Å². The molecule has 1 aliphatic rings. The van der Waals surface area contributed by atoms with Crippen molar-refractivity contribution >= 4 is 23.4 Å². The second kappa shape index (κ2) is 10.8. The van der Waals surface area contributed by atoms with Crippen LogP contribution >= 0.6 is 11.8 Å². The molecule has 1 amide bonds. The lowest BCUT2D eigenvalue weighted by Gasteiger charge is -2.34. The van der Waals surface area contributed by atoms with E-state index in [1.54, 1.807) is 0 Å². The fourth-order valence-electron chi connectivity index (χ4n) is 3.13. The molecule has 0 radical (unpaired) electrons. The van der Waals surface area contributed by atoms with E-state index in [1.807, 2.05) is 16.7 Å². The number of anilines is 1. The molecule has 1 fully saturated rings. The average Bonchev–Trinajstić information content (AvgIpc) is 2.63. The summed E-state index contributed by atoms with van der Waals surface area (Å²) in [6.07, 6.45) is 0.506. The van der Waals surface area contributed by atoms with Gasteiger partial charge in [0.2, 0.25) is 5.91 Å². The van der Waals surface area contributed by atoms with Crippen LogP contribution in [0.4, 0.5) is 5.69 Å². The van der Waals surface area contributed by atoms with Gasteiger partial charge in [-0.2, -0.15) is 11.8 Å². The minimum absolute atomic E-state index is 0.250. The van der Waals surface area contributed by atoms with Crippen LogP contribution in [0, 0.1) is 5.92 Å². The molecule has 5 heteroatoms. The number of likely N-dealkylation sites (N-methyl/N-ethyl adjacent to an activating group) is 1. The Kier molecular flexibility index (Phi) is 8.79. The van der Waals surface area contributed by atoms with E-state index in [4.69, 9.17) is 0 Å². The molecule has 0 aromatic heterocycles. The standard InChI is InChI=1S/C21H35N3OS/c1-5-23-10-12-24(13-11-23)21(25)14-19-6-8-20(9-7-19)22-18(4)16-26-15-17(2)3/h6-9,17-18,22H,5,10-16H2,1-4H3/t18-/m0/s1. The van der Waals surface area contributed by atoms with Gasteiger partial charge in [-0.15, -0.1) is 0 Å². The van der Waals surface area contributed by atoms with Gasteiger partial charge < -0.3 is 15.1 Å². The van der Waals surface area contributed by atoms with E-state index in [-0.39, 0.29) is 5.91 Å². The van der Waals surface area contributed by atoms with E-state index < -0.39 is 0 Å². The topological polar surface area (TPSA) is 35.6 Å². The number of thioether (sulfide) groups is 1. The summed E-state index contributed by atoms with van der Waals surface area (Å²) in [6.45, 7) is 13.7. The maximum absolute atomic E-state index is 12.5. The average molecular weight is 378 g/mol. The zero-order valence-electron chi connectivity index (χ0n) is 16.8. The van der Waals surface area contributed by atoms with Gasteiger partial charge in [0.25, 0.3) is 0 Å². The Morgan fingerprint density at radius 3 is 2.31 bits per heavy atom. The number of piperazine rings is 1. The second-order valence-electron chi connectivity index (χ2n) is 7.67. The molecule has 0 unspecified atom stereocenters. The number of rotatable bonds is 9. The monoisotopic (exact) mass is 377 g/mol. The summed E-state index contributed by atoms with van der Waals surface area (Å²) < 4.78 is 0. The van der Waals surface area contributed by atoms with Crippen molar-refractivity contribution in [3.63, 3.8) is 0 Å². The molecule has 1 saturated heterocycles. The number of nitrogens with one attached hydrogen (secondary N) is 1. The van der Waals surface area contributed by atoms with Crippen LogP contribution in [0.2, 0.25) is 0 Å². The van der Waals surface area contributed by atoms with Crippen LogP contribution in [0.1, 0.15) is 33.3 Å². The highest BCUT2D eigenvalue weighted by atomic mass is 32.2. The summed E-state index contributed by atoms with van der Waals surface area (Å²) in [4.78, 5) is 16.9. The molecule has 146 valence electrons. The van der Waals surface area contributed by atoms with Gasteiger partial charge >= 0.3 is 0 Å². The summed E-state index contributed by atoms with van der Waals surface area (Å²) in [5, 5.41) is 3.55. The molecule has 4 nitrogen and oxygen atoms in total. The first-order chi connectivity index (χ1) is 12.5. The van der Waals surface area contributed by atoms with Crippen molar-refractivity contribution in [3.05, 3.63) is 29.8 Å². The van der Waals surface area contributed by atoms with Crippen molar-refractivity contribution in [3.8, 4) is 0 Å².